The number of nitrogens with one attached hydrogen (secondary N) is 1. The van der Waals surface area contributed by atoms with E-state index >= 15 is 0 Å². The molecule has 3 nitrogen and oxygen atoms in total. The first-order valence-corrected chi connectivity index (χ1v) is 7.19. The fraction of sp³-hybridized carbons (Fsp3) is 0. The normalized spacial score (nSPS) is 11.4. The molecule has 2 aromatic rings. The van der Waals surface area contributed by atoms with Crippen molar-refractivity contribution < 1.29 is 12.8 Å². The Balaban J connectivity index is 2.29. The summed E-state index contributed by atoms with van der Waals surface area (Å²) in [5.41, 5.74) is 0.175. The number of thiophene rings is 1. The Kier molecular flexibility index (Phi) is 3.37. The molecule has 90 valence electrons. The van der Waals surface area contributed by atoms with Gasteiger partial charge in [-0.3, -0.25) is 4.72 Å². The van der Waals surface area contributed by atoms with Crippen molar-refractivity contribution >= 4 is 38.6 Å². The molecule has 1 heterocycles. The molecule has 0 aliphatic heterocycles. The van der Waals surface area contributed by atoms with Crippen LogP contribution in [0.25, 0.3) is 0 Å². The number of rotatable bonds is 3. The smallest absolute Gasteiger partial charge is 0.271 e. The molecule has 2 rings (SSSR count). The van der Waals surface area contributed by atoms with Crippen LogP contribution in [-0.2, 0) is 10.0 Å². The number of halogens is 2. The van der Waals surface area contributed by atoms with Crippen molar-refractivity contribution in [3.05, 3.63) is 46.6 Å². The average Bonchev–Trinajstić information content (AvgIpc) is 2.65. The number of hydrogen-bond acceptors (Lipinski definition) is 3. The maximum Gasteiger partial charge on any atom is 0.271 e. The maximum atomic E-state index is 12.9. The third-order valence-electron chi connectivity index (χ3n) is 1.89. The number of sulfonamides is 1. The van der Waals surface area contributed by atoms with E-state index in [-0.39, 0.29) is 9.90 Å². The number of anilines is 1. The molecule has 1 aromatic carbocycles. The summed E-state index contributed by atoms with van der Waals surface area (Å²) in [6, 6.07) is 8.12. The van der Waals surface area contributed by atoms with Crippen LogP contribution in [-0.4, -0.2) is 8.42 Å². The first-order chi connectivity index (χ1) is 7.97. The number of benzene rings is 1. The third-order valence-corrected chi connectivity index (χ3v) is 4.99. The largest absolute Gasteiger partial charge is 0.279 e. The van der Waals surface area contributed by atoms with E-state index in [1.54, 1.807) is 0 Å². The van der Waals surface area contributed by atoms with E-state index in [0.29, 0.717) is 4.34 Å². The zero-order chi connectivity index (χ0) is 12.5. The van der Waals surface area contributed by atoms with Gasteiger partial charge in [0.05, 0.1) is 10.0 Å². The van der Waals surface area contributed by atoms with Gasteiger partial charge < -0.3 is 0 Å². The predicted octanol–water partition coefficient (Wildman–Crippen LogP) is 3.34. The lowest BCUT2D eigenvalue weighted by atomic mass is 10.3. The van der Waals surface area contributed by atoms with Crippen molar-refractivity contribution in [3.63, 3.8) is 0 Å². The molecule has 0 bridgehead atoms. The Morgan fingerprint density at radius 2 is 2.00 bits per heavy atom. The van der Waals surface area contributed by atoms with E-state index in [2.05, 4.69) is 4.72 Å². The summed E-state index contributed by atoms with van der Waals surface area (Å²) in [5, 5.41) is 0. The summed E-state index contributed by atoms with van der Waals surface area (Å²) in [6.07, 6.45) is 0. The molecule has 0 unspecified atom stereocenters. The molecule has 0 fully saturated rings. The predicted molar refractivity (Wildman–Crippen MR) is 66.5 cm³/mol. The van der Waals surface area contributed by atoms with Gasteiger partial charge in [0.2, 0.25) is 0 Å². The SMILES string of the molecule is O=S(=O)(Nc1cccc(F)c1)c1ccc(Cl)s1. The van der Waals surface area contributed by atoms with Gasteiger partial charge in [0.1, 0.15) is 10.0 Å². The molecule has 0 saturated carbocycles. The summed E-state index contributed by atoms with van der Waals surface area (Å²) in [7, 11) is -3.69. The molecule has 7 heteroatoms. The summed E-state index contributed by atoms with van der Waals surface area (Å²) in [5.74, 6) is -0.505. The van der Waals surface area contributed by atoms with Crippen LogP contribution in [0.3, 0.4) is 0 Å². The van der Waals surface area contributed by atoms with Gasteiger partial charge in [-0.05, 0) is 30.3 Å². The van der Waals surface area contributed by atoms with Crippen molar-refractivity contribution in [3.8, 4) is 0 Å². The summed E-state index contributed by atoms with van der Waals surface area (Å²) in [6.45, 7) is 0. The van der Waals surface area contributed by atoms with Crippen molar-refractivity contribution in [2.45, 2.75) is 4.21 Å². The zero-order valence-corrected chi connectivity index (χ0v) is 10.7. The first-order valence-electron chi connectivity index (χ1n) is 4.51. The summed E-state index contributed by atoms with van der Waals surface area (Å²) < 4.78 is 39.3. The Morgan fingerprint density at radius 1 is 1.24 bits per heavy atom. The second-order valence-corrected chi connectivity index (χ2v) is 6.80. The van der Waals surface area contributed by atoms with Crippen molar-refractivity contribution in [2.75, 3.05) is 4.72 Å². The van der Waals surface area contributed by atoms with E-state index in [0.717, 1.165) is 17.4 Å². The fourth-order valence-electron chi connectivity index (χ4n) is 1.20. The highest BCUT2D eigenvalue weighted by atomic mass is 35.5. The second-order valence-electron chi connectivity index (χ2n) is 3.17. The van der Waals surface area contributed by atoms with Gasteiger partial charge in [0.15, 0.2) is 0 Å². The van der Waals surface area contributed by atoms with Crippen LogP contribution in [0.1, 0.15) is 0 Å². The first kappa shape index (κ1) is 12.3. The molecule has 0 aliphatic rings. The van der Waals surface area contributed by atoms with Crippen LogP contribution in [0.2, 0.25) is 4.34 Å². The van der Waals surface area contributed by atoms with E-state index in [9.17, 15) is 12.8 Å². The molecule has 0 amide bonds. The minimum Gasteiger partial charge on any atom is -0.279 e. The maximum absolute atomic E-state index is 12.9. The topological polar surface area (TPSA) is 46.2 Å². The fourth-order valence-corrected chi connectivity index (χ4v) is 3.73. The molecule has 0 atom stereocenters. The Hall–Kier alpha value is -1.11. The average molecular weight is 292 g/mol. The highest BCUT2D eigenvalue weighted by Crippen LogP contribution is 2.27. The van der Waals surface area contributed by atoms with Gasteiger partial charge >= 0.3 is 0 Å². The molecular weight excluding hydrogens is 285 g/mol. The van der Waals surface area contributed by atoms with Crippen LogP contribution in [0.4, 0.5) is 10.1 Å². The van der Waals surface area contributed by atoms with Crippen LogP contribution in [0, 0.1) is 5.82 Å². The van der Waals surface area contributed by atoms with Gasteiger partial charge in [-0.25, -0.2) is 12.8 Å². The quantitative estimate of drug-likeness (QED) is 0.943. The zero-order valence-electron chi connectivity index (χ0n) is 8.35. The molecule has 1 N–H and O–H groups in total. The van der Waals surface area contributed by atoms with Gasteiger partial charge in [-0.2, -0.15) is 0 Å². The summed E-state index contributed by atoms with van der Waals surface area (Å²) in [4.78, 5) is 0. The van der Waals surface area contributed by atoms with Gasteiger partial charge in [-0.15, -0.1) is 11.3 Å². The molecule has 1 aromatic heterocycles. The van der Waals surface area contributed by atoms with E-state index in [1.165, 1.54) is 30.3 Å². The highest BCUT2D eigenvalue weighted by Gasteiger charge is 2.16. The molecule has 0 aliphatic carbocycles. The van der Waals surface area contributed by atoms with Crippen molar-refractivity contribution in [1.29, 1.82) is 0 Å². The van der Waals surface area contributed by atoms with Crippen LogP contribution in [0.5, 0.6) is 0 Å². The monoisotopic (exact) mass is 291 g/mol. The molecule has 0 spiro atoms. The van der Waals surface area contributed by atoms with Crippen LogP contribution >= 0.6 is 22.9 Å². The molecule has 17 heavy (non-hydrogen) atoms. The summed E-state index contributed by atoms with van der Waals surface area (Å²) >= 11 is 6.60. The van der Waals surface area contributed by atoms with Gasteiger partial charge in [-0.1, -0.05) is 17.7 Å². The lowest BCUT2D eigenvalue weighted by Crippen LogP contribution is -2.11. The lowest BCUT2D eigenvalue weighted by Gasteiger charge is -2.05. The minimum atomic E-state index is -3.69. The van der Waals surface area contributed by atoms with E-state index in [4.69, 9.17) is 11.6 Å². The highest BCUT2D eigenvalue weighted by molar-refractivity contribution is 7.94. The molecule has 0 saturated heterocycles. The Bertz CT molecular complexity index is 639. The van der Waals surface area contributed by atoms with Gasteiger partial charge in [0, 0.05) is 0 Å². The van der Waals surface area contributed by atoms with Crippen LogP contribution < -0.4 is 4.72 Å². The second kappa shape index (κ2) is 4.64. The number of hydrogen-bond donors (Lipinski definition) is 1. The third kappa shape index (κ3) is 2.96. The van der Waals surface area contributed by atoms with Crippen molar-refractivity contribution in [2.24, 2.45) is 0 Å². The Labute approximate surface area is 107 Å². The standard InChI is InChI=1S/C10H7ClFNO2S2/c11-9-4-5-10(16-9)17(14,15)13-8-3-1-2-7(12)6-8/h1-6,13H. The minimum absolute atomic E-state index is 0.0896. The molecule has 0 radical (unpaired) electrons. The van der Waals surface area contributed by atoms with E-state index in [1.807, 2.05) is 0 Å². The Morgan fingerprint density at radius 3 is 2.59 bits per heavy atom. The van der Waals surface area contributed by atoms with Crippen LogP contribution in [0.15, 0.2) is 40.6 Å². The lowest BCUT2D eigenvalue weighted by molar-refractivity contribution is 0.603. The van der Waals surface area contributed by atoms with Gasteiger partial charge in [0.25, 0.3) is 10.0 Å². The van der Waals surface area contributed by atoms with E-state index < -0.39 is 15.8 Å². The van der Waals surface area contributed by atoms with Crippen molar-refractivity contribution in [1.82, 2.24) is 0 Å². The molecular formula is C10H7ClFNO2S2.